The summed E-state index contributed by atoms with van der Waals surface area (Å²) in [6, 6.07) is 2.60. The molecule has 108 valence electrons. The van der Waals surface area contributed by atoms with Crippen molar-refractivity contribution in [2.45, 2.75) is 58.5 Å². The molecule has 1 aromatic heterocycles. The molecule has 1 saturated carbocycles. The van der Waals surface area contributed by atoms with E-state index in [1.54, 1.807) is 0 Å². The van der Waals surface area contributed by atoms with Gasteiger partial charge in [0.15, 0.2) is 0 Å². The van der Waals surface area contributed by atoms with Crippen LogP contribution in [0.25, 0.3) is 0 Å². The number of halogens is 1. The maximum Gasteiger partial charge on any atom is 0.0762 e. The van der Waals surface area contributed by atoms with Gasteiger partial charge in [0.2, 0.25) is 0 Å². The third-order valence-corrected chi connectivity index (χ3v) is 5.03. The number of alkyl halides is 1. The van der Waals surface area contributed by atoms with Crippen LogP contribution in [0.15, 0.2) is 12.3 Å². The molecule has 1 aromatic rings. The molecule has 1 heterocycles. The van der Waals surface area contributed by atoms with Crippen LogP contribution in [0.3, 0.4) is 0 Å². The SMILES string of the molecule is CCC(C)n1ccc(CNCC2(CCl)CCCC2)n1. The van der Waals surface area contributed by atoms with Crippen LogP contribution in [0, 0.1) is 5.41 Å². The molecule has 1 unspecified atom stereocenters. The van der Waals surface area contributed by atoms with Crippen LogP contribution in [0.2, 0.25) is 0 Å². The molecule has 19 heavy (non-hydrogen) atoms. The predicted octanol–water partition coefficient (Wildman–Crippen LogP) is 3.74. The lowest BCUT2D eigenvalue weighted by atomic mass is 9.88. The van der Waals surface area contributed by atoms with Gasteiger partial charge in [-0.25, -0.2) is 0 Å². The van der Waals surface area contributed by atoms with Crippen LogP contribution in [-0.2, 0) is 6.54 Å². The molecule has 1 aliphatic carbocycles. The topological polar surface area (TPSA) is 29.9 Å². The Hall–Kier alpha value is -0.540. The van der Waals surface area contributed by atoms with Crippen LogP contribution in [0.1, 0.15) is 57.7 Å². The Bertz CT molecular complexity index is 382. The van der Waals surface area contributed by atoms with E-state index in [1.165, 1.54) is 25.7 Å². The summed E-state index contributed by atoms with van der Waals surface area (Å²) in [5.41, 5.74) is 1.46. The van der Waals surface area contributed by atoms with Crippen molar-refractivity contribution in [1.82, 2.24) is 15.1 Å². The van der Waals surface area contributed by atoms with Crippen LogP contribution in [0.4, 0.5) is 0 Å². The highest BCUT2D eigenvalue weighted by atomic mass is 35.5. The normalized spacial score (nSPS) is 19.7. The Morgan fingerprint density at radius 1 is 1.47 bits per heavy atom. The van der Waals surface area contributed by atoms with Gasteiger partial charge in [0.05, 0.1) is 5.69 Å². The van der Waals surface area contributed by atoms with E-state index in [0.717, 1.165) is 31.1 Å². The summed E-state index contributed by atoms with van der Waals surface area (Å²) in [6.45, 7) is 6.26. The molecule has 0 radical (unpaired) electrons. The van der Waals surface area contributed by atoms with Gasteiger partial charge in [0, 0.05) is 31.2 Å². The van der Waals surface area contributed by atoms with Gasteiger partial charge in [0.25, 0.3) is 0 Å². The molecule has 0 aromatic carbocycles. The minimum atomic E-state index is 0.334. The number of aromatic nitrogens is 2. The summed E-state index contributed by atoms with van der Waals surface area (Å²) >= 11 is 6.15. The molecule has 0 aliphatic heterocycles. The summed E-state index contributed by atoms with van der Waals surface area (Å²) in [5.74, 6) is 0.779. The largest absolute Gasteiger partial charge is 0.311 e. The quantitative estimate of drug-likeness (QED) is 0.773. The summed E-state index contributed by atoms with van der Waals surface area (Å²) in [6.07, 6.45) is 8.39. The Kier molecular flexibility index (Phi) is 5.28. The Morgan fingerprint density at radius 2 is 2.21 bits per heavy atom. The first kappa shape index (κ1) is 14.9. The van der Waals surface area contributed by atoms with E-state index in [2.05, 4.69) is 41.2 Å². The highest BCUT2D eigenvalue weighted by Crippen LogP contribution is 2.38. The average molecular weight is 284 g/mol. The van der Waals surface area contributed by atoms with Crippen LogP contribution in [0.5, 0.6) is 0 Å². The molecule has 1 N–H and O–H groups in total. The van der Waals surface area contributed by atoms with Gasteiger partial charge in [-0.05, 0) is 37.7 Å². The van der Waals surface area contributed by atoms with Gasteiger partial charge in [0.1, 0.15) is 0 Å². The van der Waals surface area contributed by atoms with E-state index in [0.29, 0.717) is 11.5 Å². The first-order chi connectivity index (χ1) is 9.19. The molecule has 1 aliphatic rings. The first-order valence-corrected chi connectivity index (χ1v) is 8.03. The fourth-order valence-electron chi connectivity index (χ4n) is 2.84. The summed E-state index contributed by atoms with van der Waals surface area (Å²) in [5, 5.41) is 8.16. The molecular weight excluding hydrogens is 258 g/mol. The zero-order valence-electron chi connectivity index (χ0n) is 12.2. The van der Waals surface area contributed by atoms with Gasteiger partial charge < -0.3 is 5.32 Å². The van der Waals surface area contributed by atoms with Crippen LogP contribution < -0.4 is 5.32 Å². The smallest absolute Gasteiger partial charge is 0.0762 e. The number of nitrogens with zero attached hydrogens (tertiary/aromatic N) is 2. The Morgan fingerprint density at radius 3 is 2.84 bits per heavy atom. The van der Waals surface area contributed by atoms with Gasteiger partial charge in [-0.15, -0.1) is 11.6 Å². The second-order valence-corrected chi connectivity index (χ2v) is 6.26. The fourth-order valence-corrected chi connectivity index (χ4v) is 3.20. The second kappa shape index (κ2) is 6.76. The van der Waals surface area contributed by atoms with Crippen LogP contribution in [-0.4, -0.2) is 22.2 Å². The van der Waals surface area contributed by atoms with E-state index in [-0.39, 0.29) is 0 Å². The highest BCUT2D eigenvalue weighted by Gasteiger charge is 2.32. The third kappa shape index (κ3) is 3.73. The maximum absolute atomic E-state index is 6.15. The van der Waals surface area contributed by atoms with E-state index >= 15 is 0 Å². The monoisotopic (exact) mass is 283 g/mol. The van der Waals surface area contributed by atoms with Crippen molar-refractivity contribution in [3.05, 3.63) is 18.0 Å². The van der Waals surface area contributed by atoms with Crippen molar-refractivity contribution in [2.75, 3.05) is 12.4 Å². The minimum absolute atomic E-state index is 0.334. The Labute approximate surface area is 121 Å². The van der Waals surface area contributed by atoms with E-state index in [4.69, 9.17) is 11.6 Å². The van der Waals surface area contributed by atoms with Crippen molar-refractivity contribution in [2.24, 2.45) is 5.41 Å². The fraction of sp³-hybridized carbons (Fsp3) is 0.800. The summed E-state index contributed by atoms with van der Waals surface area (Å²) in [7, 11) is 0. The zero-order chi connectivity index (χ0) is 13.7. The summed E-state index contributed by atoms with van der Waals surface area (Å²) in [4.78, 5) is 0. The molecule has 3 nitrogen and oxygen atoms in total. The number of rotatable bonds is 7. The molecule has 1 fully saturated rings. The molecule has 0 amide bonds. The standard InChI is InChI=1S/C15H26ClN3/c1-3-13(2)19-9-6-14(18-19)10-17-12-15(11-16)7-4-5-8-15/h6,9,13,17H,3-5,7-8,10-12H2,1-2H3. The number of nitrogens with one attached hydrogen (secondary N) is 1. The molecule has 2 rings (SSSR count). The summed E-state index contributed by atoms with van der Waals surface area (Å²) < 4.78 is 2.06. The van der Waals surface area contributed by atoms with Gasteiger partial charge in [-0.1, -0.05) is 19.8 Å². The van der Waals surface area contributed by atoms with E-state index in [1.807, 2.05) is 0 Å². The van der Waals surface area contributed by atoms with Gasteiger partial charge in [-0.2, -0.15) is 5.10 Å². The van der Waals surface area contributed by atoms with Crippen molar-refractivity contribution in [3.63, 3.8) is 0 Å². The van der Waals surface area contributed by atoms with Gasteiger partial charge >= 0.3 is 0 Å². The average Bonchev–Trinajstić information content (AvgIpc) is 3.08. The second-order valence-electron chi connectivity index (χ2n) is 5.99. The lowest BCUT2D eigenvalue weighted by molar-refractivity contribution is 0.319. The van der Waals surface area contributed by atoms with Crippen molar-refractivity contribution < 1.29 is 0 Å². The van der Waals surface area contributed by atoms with Crippen molar-refractivity contribution in [3.8, 4) is 0 Å². The molecule has 0 saturated heterocycles. The van der Waals surface area contributed by atoms with Crippen LogP contribution >= 0.6 is 11.6 Å². The molecule has 0 spiro atoms. The lowest BCUT2D eigenvalue weighted by Crippen LogP contribution is -2.33. The van der Waals surface area contributed by atoms with Gasteiger partial charge in [-0.3, -0.25) is 4.68 Å². The molecule has 4 heteroatoms. The molecule has 0 bridgehead atoms. The van der Waals surface area contributed by atoms with Crippen molar-refractivity contribution >= 4 is 11.6 Å². The number of hydrogen-bond acceptors (Lipinski definition) is 2. The highest BCUT2D eigenvalue weighted by molar-refractivity contribution is 6.18. The van der Waals surface area contributed by atoms with Crippen molar-refractivity contribution in [1.29, 1.82) is 0 Å². The zero-order valence-corrected chi connectivity index (χ0v) is 12.9. The first-order valence-electron chi connectivity index (χ1n) is 7.50. The van der Waals surface area contributed by atoms with E-state index in [9.17, 15) is 0 Å². The maximum atomic E-state index is 6.15. The number of hydrogen-bond donors (Lipinski definition) is 1. The molecule has 1 atom stereocenters. The Balaban J connectivity index is 1.80. The molecular formula is C15H26ClN3. The minimum Gasteiger partial charge on any atom is -0.311 e. The van der Waals surface area contributed by atoms with E-state index < -0.39 is 0 Å². The predicted molar refractivity (Wildman–Crippen MR) is 80.6 cm³/mol. The lowest BCUT2D eigenvalue weighted by Gasteiger charge is -2.26. The third-order valence-electron chi connectivity index (χ3n) is 4.46.